The van der Waals surface area contributed by atoms with Crippen molar-refractivity contribution in [3.63, 3.8) is 0 Å². The van der Waals surface area contributed by atoms with E-state index < -0.39 is 0 Å². The minimum Gasteiger partial charge on any atom is -0.236 e. The molecule has 0 N–H and O–H groups in total. The van der Waals surface area contributed by atoms with Gasteiger partial charge in [-0.1, -0.05) is 60.7 Å². The third kappa shape index (κ3) is 2.97. The smallest absolute Gasteiger partial charge is 0.124 e. The van der Waals surface area contributed by atoms with Gasteiger partial charge in [-0.05, 0) is 69.1 Å². The first-order valence-electron chi connectivity index (χ1n) is 10.1. The Morgan fingerprint density at radius 2 is 1.39 bits per heavy atom. The first-order chi connectivity index (χ1) is 15.3. The van der Waals surface area contributed by atoms with Gasteiger partial charge >= 0.3 is 0 Å². The van der Waals surface area contributed by atoms with Gasteiger partial charge < -0.3 is 0 Å². The summed E-state index contributed by atoms with van der Waals surface area (Å²) < 4.78 is 1.15. The van der Waals surface area contributed by atoms with Crippen LogP contribution in [0.3, 0.4) is 0 Å². The van der Waals surface area contributed by atoms with Crippen LogP contribution < -0.4 is 0 Å². The van der Waals surface area contributed by atoms with E-state index in [9.17, 15) is 5.26 Å². The van der Waals surface area contributed by atoms with E-state index in [-0.39, 0.29) is 0 Å². The molecule has 0 saturated heterocycles. The van der Waals surface area contributed by atoms with Gasteiger partial charge in [0.1, 0.15) is 5.01 Å². The average molecular weight is 413 g/mol. The summed E-state index contributed by atoms with van der Waals surface area (Å²) in [4.78, 5) is 4.81. The molecule has 0 saturated carbocycles. The summed E-state index contributed by atoms with van der Waals surface area (Å²) in [6.07, 6.45) is 0. The van der Waals surface area contributed by atoms with Crippen molar-refractivity contribution in [2.75, 3.05) is 0 Å². The number of benzene rings is 5. The number of thiazole rings is 1. The predicted octanol–water partition coefficient (Wildman–Crippen LogP) is 7.81. The fourth-order valence-corrected chi connectivity index (χ4v) is 5.21. The van der Waals surface area contributed by atoms with Crippen molar-refractivity contribution in [1.82, 2.24) is 4.98 Å². The maximum atomic E-state index is 9.74. The number of nitriles is 1. The highest BCUT2D eigenvalue weighted by Gasteiger charge is 2.13. The number of nitrogens with zero attached hydrogens (tertiary/aromatic N) is 2. The van der Waals surface area contributed by atoms with Gasteiger partial charge in [-0.15, -0.1) is 11.3 Å². The zero-order valence-electron chi connectivity index (χ0n) is 16.5. The zero-order chi connectivity index (χ0) is 20.8. The molecule has 31 heavy (non-hydrogen) atoms. The van der Waals surface area contributed by atoms with Crippen molar-refractivity contribution < 1.29 is 0 Å². The van der Waals surface area contributed by atoms with Crippen LogP contribution in [-0.4, -0.2) is 4.98 Å². The minimum absolute atomic E-state index is 0.643. The van der Waals surface area contributed by atoms with Crippen LogP contribution in [0.1, 0.15) is 5.56 Å². The molecule has 2 nitrogen and oxygen atoms in total. The standard InChI is InChI=1S/C28H16N2S/c29-17-18-13-20(15-21(14-18)28-30-26-11-5-6-12-27(26)31-28)25-16-19-7-1-2-8-22(19)23-9-3-4-10-24(23)25/h1-16H. The van der Waals surface area contributed by atoms with Crippen molar-refractivity contribution >= 4 is 43.1 Å². The van der Waals surface area contributed by atoms with Crippen LogP contribution in [-0.2, 0) is 0 Å². The lowest BCUT2D eigenvalue weighted by Gasteiger charge is -2.12. The van der Waals surface area contributed by atoms with E-state index in [0.717, 1.165) is 31.9 Å². The second kappa shape index (κ2) is 7.05. The topological polar surface area (TPSA) is 36.7 Å². The van der Waals surface area contributed by atoms with Crippen molar-refractivity contribution in [3.8, 4) is 27.8 Å². The van der Waals surface area contributed by atoms with Crippen molar-refractivity contribution in [1.29, 1.82) is 5.26 Å². The second-order valence-electron chi connectivity index (χ2n) is 7.59. The Morgan fingerprint density at radius 3 is 2.23 bits per heavy atom. The van der Waals surface area contributed by atoms with Crippen LogP contribution >= 0.6 is 11.3 Å². The zero-order valence-corrected chi connectivity index (χ0v) is 17.4. The van der Waals surface area contributed by atoms with Crippen LogP contribution in [0, 0.1) is 11.3 Å². The largest absolute Gasteiger partial charge is 0.236 e. The highest BCUT2D eigenvalue weighted by atomic mass is 32.1. The predicted molar refractivity (Wildman–Crippen MR) is 130 cm³/mol. The number of aromatic nitrogens is 1. The molecule has 6 aromatic rings. The SMILES string of the molecule is N#Cc1cc(-c2nc3ccccc3s2)cc(-c2cc3ccccc3c3ccccc23)c1. The molecule has 0 aliphatic rings. The summed E-state index contributed by atoms with van der Waals surface area (Å²) in [6, 6.07) is 35.7. The Morgan fingerprint density at radius 1 is 0.677 bits per heavy atom. The fourth-order valence-electron chi connectivity index (χ4n) is 4.26. The summed E-state index contributed by atoms with van der Waals surface area (Å²) in [5.41, 5.74) is 4.78. The molecule has 0 fully saturated rings. The van der Waals surface area contributed by atoms with E-state index in [0.29, 0.717) is 5.56 Å². The molecule has 0 spiro atoms. The van der Waals surface area contributed by atoms with E-state index in [1.807, 2.05) is 30.3 Å². The Bertz CT molecular complexity index is 1620. The Kier molecular flexibility index (Phi) is 4.06. The summed E-state index contributed by atoms with van der Waals surface area (Å²) in [7, 11) is 0. The van der Waals surface area contributed by atoms with Crippen LogP contribution in [0.4, 0.5) is 0 Å². The first-order valence-corrected chi connectivity index (χ1v) is 10.9. The molecule has 0 bridgehead atoms. The van der Waals surface area contributed by atoms with E-state index in [2.05, 4.69) is 72.8 Å². The molecule has 3 heteroatoms. The van der Waals surface area contributed by atoms with Gasteiger partial charge in [0, 0.05) is 5.56 Å². The van der Waals surface area contributed by atoms with E-state index in [4.69, 9.17) is 4.98 Å². The lowest BCUT2D eigenvalue weighted by Crippen LogP contribution is -1.88. The third-order valence-electron chi connectivity index (χ3n) is 5.68. The molecule has 0 amide bonds. The average Bonchev–Trinajstić information content (AvgIpc) is 3.28. The molecular formula is C28H16N2S. The molecule has 144 valence electrons. The maximum Gasteiger partial charge on any atom is 0.124 e. The van der Waals surface area contributed by atoms with E-state index >= 15 is 0 Å². The van der Waals surface area contributed by atoms with Gasteiger partial charge in [0.05, 0.1) is 21.8 Å². The molecular weight excluding hydrogens is 396 g/mol. The molecule has 5 aromatic carbocycles. The number of hydrogen-bond donors (Lipinski definition) is 0. The van der Waals surface area contributed by atoms with Gasteiger partial charge in [0.2, 0.25) is 0 Å². The molecule has 6 rings (SSSR count). The Labute approximate surface area is 183 Å². The van der Waals surface area contributed by atoms with Crippen LogP contribution in [0.15, 0.2) is 97.1 Å². The molecule has 0 aliphatic heterocycles. The fraction of sp³-hybridized carbons (Fsp3) is 0. The molecule has 1 heterocycles. The molecule has 0 aliphatic carbocycles. The van der Waals surface area contributed by atoms with Crippen LogP contribution in [0.25, 0.3) is 53.5 Å². The van der Waals surface area contributed by atoms with Gasteiger partial charge in [-0.2, -0.15) is 5.26 Å². The molecule has 1 aromatic heterocycles. The van der Waals surface area contributed by atoms with Gasteiger partial charge in [-0.3, -0.25) is 0 Å². The maximum absolute atomic E-state index is 9.74. The van der Waals surface area contributed by atoms with E-state index in [1.54, 1.807) is 11.3 Å². The van der Waals surface area contributed by atoms with Gasteiger partial charge in [0.15, 0.2) is 0 Å². The lowest BCUT2D eigenvalue weighted by atomic mass is 9.92. The summed E-state index contributed by atoms with van der Waals surface area (Å²) >= 11 is 1.66. The lowest BCUT2D eigenvalue weighted by molar-refractivity contribution is 1.45. The third-order valence-corrected chi connectivity index (χ3v) is 6.77. The van der Waals surface area contributed by atoms with Gasteiger partial charge in [-0.25, -0.2) is 4.98 Å². The number of hydrogen-bond acceptors (Lipinski definition) is 3. The summed E-state index contributed by atoms with van der Waals surface area (Å²) in [5, 5.41) is 15.5. The minimum atomic E-state index is 0.643. The van der Waals surface area contributed by atoms with Crippen LogP contribution in [0.5, 0.6) is 0 Å². The highest BCUT2D eigenvalue weighted by molar-refractivity contribution is 7.21. The Hall–Kier alpha value is -4.00. The molecule has 0 radical (unpaired) electrons. The highest BCUT2D eigenvalue weighted by Crippen LogP contribution is 2.38. The van der Waals surface area contributed by atoms with Crippen molar-refractivity contribution in [3.05, 3.63) is 103 Å². The number of fused-ring (bicyclic) bond motifs is 4. The molecule has 0 unspecified atom stereocenters. The van der Waals surface area contributed by atoms with Crippen molar-refractivity contribution in [2.45, 2.75) is 0 Å². The summed E-state index contributed by atoms with van der Waals surface area (Å²) in [5.74, 6) is 0. The van der Waals surface area contributed by atoms with Crippen molar-refractivity contribution in [2.24, 2.45) is 0 Å². The normalized spacial score (nSPS) is 11.2. The van der Waals surface area contributed by atoms with Gasteiger partial charge in [0.25, 0.3) is 0 Å². The number of rotatable bonds is 2. The number of para-hydroxylation sites is 1. The second-order valence-corrected chi connectivity index (χ2v) is 8.62. The summed E-state index contributed by atoms with van der Waals surface area (Å²) in [6.45, 7) is 0. The quantitative estimate of drug-likeness (QED) is 0.272. The van der Waals surface area contributed by atoms with Crippen LogP contribution in [0.2, 0.25) is 0 Å². The monoisotopic (exact) mass is 412 g/mol. The molecule has 0 atom stereocenters. The van der Waals surface area contributed by atoms with E-state index in [1.165, 1.54) is 21.5 Å². The first kappa shape index (κ1) is 17.8. The Balaban J connectivity index is 1.64.